The number of aryl methyl sites for hydroxylation is 1. The number of hydrogen-bond donors (Lipinski definition) is 0. The van der Waals surface area contributed by atoms with Gasteiger partial charge in [-0.2, -0.15) is 20.1 Å². The first-order valence-corrected chi connectivity index (χ1v) is 10.2. The molecule has 0 saturated carbocycles. The third-order valence-electron chi connectivity index (χ3n) is 5.02. The van der Waals surface area contributed by atoms with Gasteiger partial charge in [0.25, 0.3) is 5.89 Å². The first-order valence-electron chi connectivity index (χ1n) is 9.30. The summed E-state index contributed by atoms with van der Waals surface area (Å²) in [7, 11) is 1.74. The minimum atomic E-state index is -2.83. The predicted molar refractivity (Wildman–Crippen MR) is 112 cm³/mol. The standard InChI is InChI=1S/C21H15F2N5O2S/c1-27-17-8-12(14-6-7-31-11-14)3-5-16(17)28(21(27)29)10-15-4-2-13(9-24-15)19-25-26-20(30-19)18(22)23/h2-9,11,18H,10H2,1H3. The van der Waals surface area contributed by atoms with E-state index in [0.29, 0.717) is 11.3 Å². The Kier molecular flexibility index (Phi) is 4.70. The molecule has 0 aliphatic carbocycles. The molecular formula is C21H15F2N5O2S. The quantitative estimate of drug-likeness (QED) is 0.403. The lowest BCUT2D eigenvalue weighted by Gasteiger charge is -2.04. The summed E-state index contributed by atoms with van der Waals surface area (Å²) in [5.74, 6) is -0.763. The van der Waals surface area contributed by atoms with Crippen molar-refractivity contribution in [1.29, 1.82) is 0 Å². The molecule has 5 aromatic rings. The van der Waals surface area contributed by atoms with Gasteiger partial charge in [0.05, 0.1) is 28.8 Å². The summed E-state index contributed by atoms with van der Waals surface area (Å²) in [6, 6.07) is 11.3. The topological polar surface area (TPSA) is 78.7 Å². The molecule has 0 atom stereocenters. The molecule has 0 aliphatic rings. The van der Waals surface area contributed by atoms with Gasteiger partial charge in [0.1, 0.15) is 0 Å². The van der Waals surface area contributed by atoms with E-state index in [1.54, 1.807) is 39.7 Å². The highest BCUT2D eigenvalue weighted by atomic mass is 32.1. The van der Waals surface area contributed by atoms with Crippen molar-refractivity contribution >= 4 is 22.4 Å². The molecule has 0 saturated heterocycles. The lowest BCUT2D eigenvalue weighted by atomic mass is 10.1. The Morgan fingerprint density at radius 1 is 1.06 bits per heavy atom. The van der Waals surface area contributed by atoms with E-state index in [1.165, 1.54) is 6.20 Å². The summed E-state index contributed by atoms with van der Waals surface area (Å²) in [5.41, 5.74) is 4.70. The van der Waals surface area contributed by atoms with E-state index in [-0.39, 0.29) is 18.1 Å². The molecule has 156 valence electrons. The molecule has 0 spiro atoms. The molecule has 5 rings (SSSR count). The maximum Gasteiger partial charge on any atom is 0.329 e. The van der Waals surface area contributed by atoms with Crippen LogP contribution in [-0.4, -0.2) is 24.3 Å². The number of pyridine rings is 1. The van der Waals surface area contributed by atoms with E-state index in [2.05, 4.69) is 20.6 Å². The van der Waals surface area contributed by atoms with Gasteiger partial charge in [0.2, 0.25) is 5.89 Å². The average Bonchev–Trinajstić information content (AvgIpc) is 3.52. The molecule has 1 aromatic carbocycles. The second kappa shape index (κ2) is 7.55. The van der Waals surface area contributed by atoms with Crippen LogP contribution < -0.4 is 5.69 Å². The highest BCUT2D eigenvalue weighted by Crippen LogP contribution is 2.26. The van der Waals surface area contributed by atoms with Crippen molar-refractivity contribution in [3.05, 3.63) is 75.4 Å². The van der Waals surface area contributed by atoms with Crippen molar-refractivity contribution in [1.82, 2.24) is 24.3 Å². The Morgan fingerprint density at radius 3 is 2.58 bits per heavy atom. The monoisotopic (exact) mass is 439 g/mol. The molecule has 4 heterocycles. The van der Waals surface area contributed by atoms with Crippen LogP contribution >= 0.6 is 11.3 Å². The Bertz CT molecular complexity index is 1420. The zero-order valence-corrected chi connectivity index (χ0v) is 17.0. The third kappa shape index (κ3) is 3.44. The van der Waals surface area contributed by atoms with Gasteiger partial charge in [0.15, 0.2) is 0 Å². The van der Waals surface area contributed by atoms with Crippen LogP contribution in [0.4, 0.5) is 8.78 Å². The zero-order valence-electron chi connectivity index (χ0n) is 16.2. The molecule has 0 unspecified atom stereocenters. The number of alkyl halides is 2. The van der Waals surface area contributed by atoms with Crippen molar-refractivity contribution in [2.45, 2.75) is 13.0 Å². The summed E-state index contributed by atoms with van der Waals surface area (Å²) in [6.07, 6.45) is -1.37. The highest BCUT2D eigenvalue weighted by Gasteiger charge is 2.17. The van der Waals surface area contributed by atoms with Crippen molar-refractivity contribution in [3.8, 4) is 22.6 Å². The molecule has 0 radical (unpaired) electrons. The van der Waals surface area contributed by atoms with Gasteiger partial charge in [-0.15, -0.1) is 10.2 Å². The van der Waals surface area contributed by atoms with Crippen LogP contribution in [0, 0.1) is 0 Å². The Hall–Kier alpha value is -3.66. The van der Waals surface area contributed by atoms with Gasteiger partial charge in [0, 0.05) is 13.2 Å². The van der Waals surface area contributed by atoms with Crippen LogP contribution in [0.25, 0.3) is 33.6 Å². The summed E-state index contributed by atoms with van der Waals surface area (Å²) in [6.45, 7) is 0.264. The molecule has 4 aromatic heterocycles. The molecule has 0 aliphatic heterocycles. The Labute approximate surface area is 178 Å². The number of hydrogen-bond acceptors (Lipinski definition) is 6. The fourth-order valence-electron chi connectivity index (χ4n) is 3.41. The van der Waals surface area contributed by atoms with Gasteiger partial charge in [-0.25, -0.2) is 4.79 Å². The van der Waals surface area contributed by atoms with Gasteiger partial charge < -0.3 is 4.42 Å². The first kappa shape index (κ1) is 19.3. The van der Waals surface area contributed by atoms with Gasteiger partial charge in [-0.1, -0.05) is 6.07 Å². The number of rotatable bonds is 5. The van der Waals surface area contributed by atoms with Crippen molar-refractivity contribution in [2.75, 3.05) is 0 Å². The number of imidazole rings is 1. The fraction of sp³-hybridized carbons (Fsp3) is 0.143. The van der Waals surface area contributed by atoms with Crippen LogP contribution in [0.15, 0.2) is 62.6 Å². The molecule has 10 heteroatoms. The molecule has 7 nitrogen and oxygen atoms in total. The maximum absolute atomic E-state index is 12.8. The molecular weight excluding hydrogens is 424 g/mol. The third-order valence-corrected chi connectivity index (χ3v) is 5.70. The largest absolute Gasteiger partial charge is 0.415 e. The number of fused-ring (bicyclic) bond motifs is 1. The van der Waals surface area contributed by atoms with Crippen molar-refractivity contribution < 1.29 is 13.2 Å². The SMILES string of the molecule is Cn1c(=O)n(Cc2ccc(-c3nnc(C(F)F)o3)cn2)c2ccc(-c3ccsc3)cc21. The first-order chi connectivity index (χ1) is 15.0. The Balaban J connectivity index is 1.46. The second-order valence-electron chi connectivity index (χ2n) is 6.93. The van der Waals surface area contributed by atoms with E-state index >= 15 is 0 Å². The minimum absolute atomic E-state index is 0.0300. The van der Waals surface area contributed by atoms with Gasteiger partial charge >= 0.3 is 12.1 Å². The summed E-state index contributed by atoms with van der Waals surface area (Å²) >= 11 is 1.62. The van der Waals surface area contributed by atoms with Crippen LogP contribution in [0.3, 0.4) is 0 Å². The molecule has 0 bridgehead atoms. The Morgan fingerprint density at radius 2 is 1.90 bits per heavy atom. The van der Waals surface area contributed by atoms with E-state index < -0.39 is 12.3 Å². The molecule has 31 heavy (non-hydrogen) atoms. The van der Waals surface area contributed by atoms with E-state index in [4.69, 9.17) is 4.42 Å². The lowest BCUT2D eigenvalue weighted by Crippen LogP contribution is -2.23. The summed E-state index contributed by atoms with van der Waals surface area (Å²) in [4.78, 5) is 17.2. The van der Waals surface area contributed by atoms with E-state index in [1.807, 2.05) is 29.6 Å². The van der Waals surface area contributed by atoms with E-state index in [9.17, 15) is 13.6 Å². The van der Waals surface area contributed by atoms with Crippen molar-refractivity contribution in [2.24, 2.45) is 7.05 Å². The number of benzene rings is 1. The van der Waals surface area contributed by atoms with Crippen molar-refractivity contribution in [3.63, 3.8) is 0 Å². The van der Waals surface area contributed by atoms with Crippen LogP contribution in [-0.2, 0) is 13.6 Å². The smallest absolute Gasteiger partial charge is 0.329 e. The van der Waals surface area contributed by atoms with Crippen LogP contribution in [0.5, 0.6) is 0 Å². The summed E-state index contributed by atoms with van der Waals surface area (Å²) in [5, 5.41) is 11.0. The molecule has 0 fully saturated rings. The van der Waals surface area contributed by atoms with Gasteiger partial charge in [-0.05, 0) is 52.2 Å². The minimum Gasteiger partial charge on any atom is -0.415 e. The number of nitrogens with zero attached hydrogens (tertiary/aromatic N) is 5. The normalized spacial score (nSPS) is 11.6. The average molecular weight is 439 g/mol. The van der Waals surface area contributed by atoms with E-state index in [0.717, 1.165) is 22.2 Å². The number of halogens is 2. The fourth-order valence-corrected chi connectivity index (χ4v) is 4.08. The maximum atomic E-state index is 12.8. The highest BCUT2D eigenvalue weighted by molar-refractivity contribution is 7.08. The van der Waals surface area contributed by atoms with Crippen LogP contribution in [0.1, 0.15) is 18.0 Å². The predicted octanol–water partition coefficient (Wildman–Crippen LogP) is 4.50. The zero-order chi connectivity index (χ0) is 21.5. The van der Waals surface area contributed by atoms with Crippen LogP contribution in [0.2, 0.25) is 0 Å². The summed E-state index contributed by atoms with van der Waals surface area (Å²) < 4.78 is 33.5. The molecule has 0 N–H and O–H groups in total. The second-order valence-corrected chi connectivity index (χ2v) is 7.71. The number of aromatic nitrogens is 5. The molecule has 0 amide bonds. The number of thiophene rings is 1. The van der Waals surface area contributed by atoms with Gasteiger partial charge in [-0.3, -0.25) is 14.1 Å². The lowest BCUT2D eigenvalue weighted by molar-refractivity contribution is 0.116.